The monoisotopic (exact) mass is 170 g/mol. The molecule has 0 aliphatic heterocycles. The van der Waals surface area contributed by atoms with Crippen molar-refractivity contribution in [3.8, 4) is 0 Å². The van der Waals surface area contributed by atoms with Gasteiger partial charge in [0.25, 0.3) is 5.56 Å². The number of aliphatic hydroxyl groups is 1. The molecule has 0 spiro atoms. The maximum absolute atomic E-state index is 11.4. The van der Waals surface area contributed by atoms with E-state index < -0.39 is 0 Å². The predicted octanol–water partition coefficient (Wildman–Crippen LogP) is 0.558. The molecule has 0 radical (unpaired) electrons. The number of aromatic nitrogens is 2. The van der Waals surface area contributed by atoms with Crippen molar-refractivity contribution in [1.82, 2.24) is 9.78 Å². The van der Waals surface area contributed by atoms with Crippen LogP contribution in [-0.2, 0) is 6.61 Å². The van der Waals surface area contributed by atoms with Gasteiger partial charge in [-0.05, 0) is 20.8 Å². The second-order valence-corrected chi connectivity index (χ2v) is 3.14. The molecule has 0 saturated heterocycles. The zero-order valence-electron chi connectivity index (χ0n) is 7.59. The molecule has 1 rings (SSSR count). The minimum Gasteiger partial charge on any atom is -0.391 e. The van der Waals surface area contributed by atoms with Gasteiger partial charge in [0.15, 0.2) is 0 Å². The molecule has 0 fully saturated rings. The average molecular weight is 170 g/mol. The first kappa shape index (κ1) is 9.06. The normalized spacial score (nSPS) is 11.1. The second-order valence-electron chi connectivity index (χ2n) is 3.14. The minimum atomic E-state index is -0.194. The van der Waals surface area contributed by atoms with E-state index in [2.05, 4.69) is 5.10 Å². The number of hydrogen-bond acceptors (Lipinski definition) is 2. The smallest absolute Gasteiger partial charge is 0.272 e. The largest absolute Gasteiger partial charge is 0.391 e. The number of H-pyrrole nitrogens is 1. The van der Waals surface area contributed by atoms with Crippen molar-refractivity contribution in [3.63, 3.8) is 0 Å². The molecule has 4 nitrogen and oxygen atoms in total. The van der Waals surface area contributed by atoms with Gasteiger partial charge < -0.3 is 5.11 Å². The molecular formula is C8H14N2O2. The van der Waals surface area contributed by atoms with Crippen molar-refractivity contribution >= 4 is 0 Å². The summed E-state index contributed by atoms with van der Waals surface area (Å²) >= 11 is 0. The molecule has 0 bridgehead atoms. The van der Waals surface area contributed by atoms with Crippen LogP contribution in [0, 0.1) is 6.92 Å². The van der Waals surface area contributed by atoms with Crippen LogP contribution in [0.4, 0.5) is 0 Å². The first-order valence-corrected chi connectivity index (χ1v) is 3.98. The number of nitrogens with one attached hydrogen (secondary N) is 1. The van der Waals surface area contributed by atoms with E-state index in [0.717, 1.165) is 5.69 Å². The SMILES string of the molecule is Cc1[nH]n(C(C)C)c(=O)c1CO. The summed E-state index contributed by atoms with van der Waals surface area (Å²) in [7, 11) is 0. The maximum Gasteiger partial charge on any atom is 0.272 e. The van der Waals surface area contributed by atoms with E-state index in [9.17, 15) is 4.79 Å². The minimum absolute atomic E-state index is 0.108. The van der Waals surface area contributed by atoms with Crippen LogP contribution in [0.3, 0.4) is 0 Å². The number of aromatic amines is 1. The van der Waals surface area contributed by atoms with Crippen molar-refractivity contribution in [1.29, 1.82) is 0 Å². The van der Waals surface area contributed by atoms with Gasteiger partial charge in [0.1, 0.15) is 0 Å². The van der Waals surface area contributed by atoms with Gasteiger partial charge in [-0.25, -0.2) is 0 Å². The molecule has 0 aliphatic carbocycles. The molecular weight excluding hydrogens is 156 g/mol. The lowest BCUT2D eigenvalue weighted by molar-refractivity contribution is 0.279. The Morgan fingerprint density at radius 1 is 1.58 bits per heavy atom. The van der Waals surface area contributed by atoms with Gasteiger partial charge in [-0.15, -0.1) is 0 Å². The lowest BCUT2D eigenvalue weighted by Crippen LogP contribution is -2.20. The van der Waals surface area contributed by atoms with Gasteiger partial charge in [0.05, 0.1) is 12.2 Å². The molecule has 1 heterocycles. The molecule has 2 N–H and O–H groups in total. The van der Waals surface area contributed by atoms with Crippen LogP contribution in [0.1, 0.15) is 31.1 Å². The molecule has 0 atom stereocenters. The summed E-state index contributed by atoms with van der Waals surface area (Å²) in [5, 5.41) is 11.8. The Morgan fingerprint density at radius 2 is 2.17 bits per heavy atom. The number of hydrogen-bond donors (Lipinski definition) is 2. The van der Waals surface area contributed by atoms with E-state index in [1.165, 1.54) is 4.68 Å². The highest BCUT2D eigenvalue weighted by molar-refractivity contribution is 5.14. The van der Waals surface area contributed by atoms with Crippen molar-refractivity contribution < 1.29 is 5.11 Å². The number of aryl methyl sites for hydroxylation is 1. The molecule has 68 valence electrons. The van der Waals surface area contributed by atoms with E-state index in [0.29, 0.717) is 5.56 Å². The molecule has 0 amide bonds. The summed E-state index contributed by atoms with van der Waals surface area (Å²) in [5.41, 5.74) is 1.09. The molecule has 12 heavy (non-hydrogen) atoms. The fourth-order valence-electron chi connectivity index (χ4n) is 1.15. The van der Waals surface area contributed by atoms with Crippen LogP contribution in [0.2, 0.25) is 0 Å². The Hall–Kier alpha value is -1.03. The van der Waals surface area contributed by atoms with Crippen molar-refractivity contribution in [2.75, 3.05) is 0 Å². The standard InChI is InChI=1S/C8H14N2O2/c1-5(2)10-8(12)7(4-11)6(3)9-10/h5,9,11H,4H2,1-3H3. The zero-order valence-corrected chi connectivity index (χ0v) is 7.59. The van der Waals surface area contributed by atoms with Crippen LogP contribution in [0.25, 0.3) is 0 Å². The second kappa shape index (κ2) is 3.15. The Morgan fingerprint density at radius 3 is 2.42 bits per heavy atom. The van der Waals surface area contributed by atoms with Crippen LogP contribution in [0.15, 0.2) is 4.79 Å². The fraction of sp³-hybridized carbons (Fsp3) is 0.625. The Bertz CT molecular complexity index is 322. The van der Waals surface area contributed by atoms with Crippen molar-refractivity contribution in [3.05, 3.63) is 21.6 Å². The highest BCUT2D eigenvalue weighted by Crippen LogP contribution is 2.03. The van der Waals surface area contributed by atoms with Gasteiger partial charge in [-0.2, -0.15) is 0 Å². The first-order valence-electron chi connectivity index (χ1n) is 3.98. The van der Waals surface area contributed by atoms with Gasteiger partial charge in [0.2, 0.25) is 0 Å². The van der Waals surface area contributed by atoms with E-state index in [1.54, 1.807) is 6.92 Å². The Kier molecular flexibility index (Phi) is 2.38. The highest BCUT2D eigenvalue weighted by atomic mass is 16.3. The predicted molar refractivity (Wildman–Crippen MR) is 46.1 cm³/mol. The van der Waals surface area contributed by atoms with Crippen LogP contribution < -0.4 is 5.56 Å². The van der Waals surface area contributed by atoms with Gasteiger partial charge >= 0.3 is 0 Å². The molecule has 1 aromatic rings. The lowest BCUT2D eigenvalue weighted by atomic mass is 10.3. The summed E-state index contributed by atoms with van der Waals surface area (Å²) in [6, 6.07) is 0.108. The van der Waals surface area contributed by atoms with Gasteiger partial charge in [0, 0.05) is 11.7 Å². The molecule has 0 unspecified atom stereocenters. The summed E-state index contributed by atoms with van der Waals surface area (Å²) in [4.78, 5) is 11.4. The van der Waals surface area contributed by atoms with Crippen LogP contribution in [0.5, 0.6) is 0 Å². The molecule has 4 heteroatoms. The lowest BCUT2D eigenvalue weighted by Gasteiger charge is -2.03. The summed E-state index contributed by atoms with van der Waals surface area (Å²) in [6.45, 7) is 5.42. The van der Waals surface area contributed by atoms with Gasteiger partial charge in [-0.3, -0.25) is 14.6 Å². The topological polar surface area (TPSA) is 58.0 Å². The average Bonchev–Trinajstić information content (AvgIpc) is 2.27. The van der Waals surface area contributed by atoms with Gasteiger partial charge in [-0.1, -0.05) is 0 Å². The fourth-order valence-corrected chi connectivity index (χ4v) is 1.15. The molecule has 0 aliphatic rings. The van der Waals surface area contributed by atoms with E-state index in [1.807, 2.05) is 13.8 Å². The molecule has 1 aromatic heterocycles. The third kappa shape index (κ3) is 1.30. The van der Waals surface area contributed by atoms with E-state index >= 15 is 0 Å². The third-order valence-corrected chi connectivity index (χ3v) is 1.89. The number of aliphatic hydroxyl groups excluding tert-OH is 1. The Labute approximate surface area is 70.8 Å². The van der Waals surface area contributed by atoms with E-state index in [4.69, 9.17) is 5.11 Å². The summed E-state index contributed by atoms with van der Waals surface area (Å²) in [6.07, 6.45) is 0. The first-order chi connectivity index (χ1) is 5.57. The van der Waals surface area contributed by atoms with Crippen molar-refractivity contribution in [2.24, 2.45) is 0 Å². The number of rotatable bonds is 2. The number of nitrogens with zero attached hydrogens (tertiary/aromatic N) is 1. The van der Waals surface area contributed by atoms with E-state index in [-0.39, 0.29) is 18.2 Å². The quantitative estimate of drug-likeness (QED) is 0.681. The third-order valence-electron chi connectivity index (χ3n) is 1.89. The van der Waals surface area contributed by atoms with Crippen LogP contribution in [-0.4, -0.2) is 14.9 Å². The summed E-state index contributed by atoms with van der Waals surface area (Å²) < 4.78 is 1.51. The maximum atomic E-state index is 11.4. The van der Waals surface area contributed by atoms with Crippen LogP contribution >= 0.6 is 0 Å². The van der Waals surface area contributed by atoms with Crippen molar-refractivity contribution in [2.45, 2.75) is 33.4 Å². The Balaban J connectivity index is 3.27. The molecule has 0 aromatic carbocycles. The highest BCUT2D eigenvalue weighted by Gasteiger charge is 2.10. The summed E-state index contributed by atoms with van der Waals surface area (Å²) in [5.74, 6) is 0. The zero-order chi connectivity index (χ0) is 9.30. The molecule has 0 saturated carbocycles.